The first-order valence-electron chi connectivity index (χ1n) is 10.7. The molecule has 0 radical (unpaired) electrons. The second-order valence-corrected chi connectivity index (χ2v) is 14.8. The maximum atomic E-state index is 11.9. The van der Waals surface area contributed by atoms with E-state index < -0.39 is 19.3 Å². The molecule has 1 aliphatic heterocycles. The van der Waals surface area contributed by atoms with Crippen molar-refractivity contribution in [2.45, 2.75) is 76.7 Å². The molecule has 0 unspecified atom stereocenters. The molecule has 1 aliphatic rings. The van der Waals surface area contributed by atoms with Crippen molar-refractivity contribution in [1.82, 2.24) is 4.90 Å². The minimum absolute atomic E-state index is 0.0398. The van der Waals surface area contributed by atoms with Gasteiger partial charge in [-0.25, -0.2) is 4.79 Å². The molecule has 1 amide bonds. The van der Waals surface area contributed by atoms with Gasteiger partial charge < -0.3 is 19.7 Å². The van der Waals surface area contributed by atoms with Gasteiger partial charge in [-0.2, -0.15) is 0 Å². The molecule has 10 heteroatoms. The van der Waals surface area contributed by atoms with Crippen LogP contribution in [-0.4, -0.2) is 54.6 Å². The van der Waals surface area contributed by atoms with Crippen LogP contribution in [0.25, 0.3) is 0 Å². The predicted molar refractivity (Wildman–Crippen MR) is 126 cm³/mol. The molecule has 31 heavy (non-hydrogen) atoms. The molecule has 2 atom stereocenters. The van der Waals surface area contributed by atoms with E-state index >= 15 is 0 Å². The number of nitrogens with one attached hydrogen (secondary N) is 1. The molecule has 8 nitrogen and oxygen atoms in total. The van der Waals surface area contributed by atoms with E-state index in [1.165, 1.54) is 11.0 Å². The molecule has 1 aromatic rings. The van der Waals surface area contributed by atoms with Crippen LogP contribution in [0.4, 0.5) is 16.2 Å². The van der Waals surface area contributed by atoms with Gasteiger partial charge in [0.05, 0.1) is 17.1 Å². The first kappa shape index (κ1) is 25.4. The fraction of sp³-hybridized carbons (Fsp3) is 0.667. The molecule has 0 aromatic heterocycles. The van der Waals surface area contributed by atoms with Crippen molar-refractivity contribution >= 4 is 37.4 Å². The van der Waals surface area contributed by atoms with Crippen LogP contribution in [0.5, 0.6) is 0 Å². The van der Waals surface area contributed by atoms with E-state index in [0.29, 0.717) is 36.6 Å². The number of likely N-dealkylation sites (tertiary alicyclic amines) is 1. The summed E-state index contributed by atoms with van der Waals surface area (Å²) in [6.45, 7) is 11.9. The van der Waals surface area contributed by atoms with Gasteiger partial charge >= 0.3 is 6.09 Å². The number of hydrogen-bond acceptors (Lipinski definition) is 5. The van der Waals surface area contributed by atoms with E-state index in [4.69, 9.17) is 16.0 Å². The van der Waals surface area contributed by atoms with E-state index in [2.05, 4.69) is 39.2 Å². The average Bonchev–Trinajstić information content (AvgIpc) is 2.65. The lowest BCUT2D eigenvalue weighted by Gasteiger charge is -2.46. The van der Waals surface area contributed by atoms with Gasteiger partial charge in [0.25, 0.3) is 5.69 Å². The molecule has 0 aliphatic carbocycles. The third kappa shape index (κ3) is 6.57. The zero-order chi connectivity index (χ0) is 23.4. The fourth-order valence-electron chi connectivity index (χ4n) is 3.63. The second kappa shape index (κ2) is 10.2. The van der Waals surface area contributed by atoms with Crippen LogP contribution in [0.3, 0.4) is 0 Å². The number of nitro benzene ring substituents is 1. The lowest BCUT2D eigenvalue weighted by atomic mass is 9.95. The minimum Gasteiger partial charge on any atom is -0.465 e. The Labute approximate surface area is 190 Å². The summed E-state index contributed by atoms with van der Waals surface area (Å²) in [5.41, 5.74) is 0.332. The third-order valence-electron chi connectivity index (χ3n) is 6.36. The molecule has 1 saturated heterocycles. The van der Waals surface area contributed by atoms with Gasteiger partial charge in [-0.1, -0.05) is 32.4 Å². The number of nitrogens with zero attached hydrogens (tertiary/aromatic N) is 2. The second-order valence-electron chi connectivity index (χ2n) is 9.59. The smallest absolute Gasteiger partial charge is 0.407 e. The Morgan fingerprint density at radius 2 is 2.10 bits per heavy atom. The Balaban J connectivity index is 2.06. The number of hydrogen-bond donors (Lipinski definition) is 2. The largest absolute Gasteiger partial charge is 0.465 e. The Hall–Kier alpha value is -1.84. The molecule has 1 aromatic carbocycles. The fourth-order valence-corrected chi connectivity index (χ4v) is 5.18. The normalized spacial score (nSPS) is 19.9. The van der Waals surface area contributed by atoms with Crippen molar-refractivity contribution in [2.75, 3.05) is 18.4 Å². The van der Waals surface area contributed by atoms with Crippen LogP contribution in [0.1, 0.15) is 46.5 Å². The highest BCUT2D eigenvalue weighted by molar-refractivity contribution is 6.74. The van der Waals surface area contributed by atoms with Gasteiger partial charge in [0.2, 0.25) is 0 Å². The average molecular weight is 472 g/mol. The van der Waals surface area contributed by atoms with Gasteiger partial charge in [0.15, 0.2) is 8.32 Å². The van der Waals surface area contributed by atoms with E-state index in [0.717, 1.165) is 12.8 Å². The molecule has 174 valence electrons. The molecule has 1 heterocycles. The molecule has 0 saturated carbocycles. The Bertz CT molecular complexity index is 800. The summed E-state index contributed by atoms with van der Waals surface area (Å²) in [6.07, 6.45) is 1.87. The number of carbonyl (C=O) groups is 1. The molecule has 2 N–H and O–H groups in total. The highest BCUT2D eigenvalue weighted by Gasteiger charge is 2.43. The van der Waals surface area contributed by atoms with Gasteiger partial charge in [-0.15, -0.1) is 0 Å². The van der Waals surface area contributed by atoms with Crippen LogP contribution >= 0.6 is 11.6 Å². The quantitative estimate of drug-likeness (QED) is 0.209. The first-order chi connectivity index (χ1) is 14.3. The van der Waals surface area contributed by atoms with Crippen LogP contribution in [0.15, 0.2) is 18.2 Å². The maximum Gasteiger partial charge on any atom is 0.407 e. The molecule has 2 rings (SSSR count). The molecule has 0 bridgehead atoms. The zero-order valence-corrected chi connectivity index (χ0v) is 20.7. The van der Waals surface area contributed by atoms with E-state index in [1.807, 2.05) is 0 Å². The lowest BCUT2D eigenvalue weighted by molar-refractivity contribution is -0.383. The number of nitro groups is 1. The summed E-state index contributed by atoms with van der Waals surface area (Å²) in [7, 11) is -2.05. The summed E-state index contributed by atoms with van der Waals surface area (Å²) in [5.74, 6) is 0. The number of benzene rings is 1. The summed E-state index contributed by atoms with van der Waals surface area (Å²) in [5, 5.41) is 24.4. The maximum absolute atomic E-state index is 11.9. The van der Waals surface area contributed by atoms with Gasteiger partial charge in [-0.05, 0) is 55.9 Å². The first-order valence-corrected chi connectivity index (χ1v) is 14.0. The summed E-state index contributed by atoms with van der Waals surface area (Å²) in [4.78, 5) is 24.1. The van der Waals surface area contributed by atoms with E-state index in [1.54, 1.807) is 12.1 Å². The number of halogens is 1. The van der Waals surface area contributed by atoms with Crippen LogP contribution in [-0.2, 0) is 4.43 Å². The standard InChI is InChI=1S/C21H34ClN3O5Si/c1-21(2,3)31(4,5)30-19-9-7-13-24(20(26)27)17(19)8-6-12-23-16-11-10-15(22)14-18(16)25(28)29/h10-11,14,17,19,23H,6-9,12-13H2,1-5H3,(H,26,27)/t17-,19+/m1/s1. The molecule has 0 spiro atoms. The van der Waals surface area contributed by atoms with Crippen LogP contribution in [0, 0.1) is 10.1 Å². The number of piperidine rings is 1. The third-order valence-corrected chi connectivity index (χ3v) is 11.1. The monoisotopic (exact) mass is 471 g/mol. The Morgan fingerprint density at radius 3 is 2.68 bits per heavy atom. The number of anilines is 1. The SMILES string of the molecule is CC(C)(C)[Si](C)(C)O[C@H]1CCCN(C(=O)O)[C@@H]1CCCNc1ccc(Cl)cc1[N+](=O)[O-]. The highest BCUT2D eigenvalue weighted by Crippen LogP contribution is 2.39. The zero-order valence-electron chi connectivity index (χ0n) is 19.0. The number of amides is 1. The van der Waals surface area contributed by atoms with Gasteiger partial charge in [-0.3, -0.25) is 10.1 Å². The minimum atomic E-state index is -2.05. The van der Waals surface area contributed by atoms with Crippen molar-refractivity contribution in [3.63, 3.8) is 0 Å². The number of rotatable bonds is 8. The Kier molecular flexibility index (Phi) is 8.35. The van der Waals surface area contributed by atoms with Crippen molar-refractivity contribution in [2.24, 2.45) is 0 Å². The van der Waals surface area contributed by atoms with Crippen LogP contribution < -0.4 is 5.32 Å². The Morgan fingerprint density at radius 1 is 1.42 bits per heavy atom. The van der Waals surface area contributed by atoms with E-state index in [9.17, 15) is 20.0 Å². The predicted octanol–water partition coefficient (Wildman–Crippen LogP) is 5.97. The molecular formula is C21H34ClN3O5Si. The topological polar surface area (TPSA) is 105 Å². The van der Waals surface area contributed by atoms with Crippen molar-refractivity contribution in [3.8, 4) is 0 Å². The van der Waals surface area contributed by atoms with Crippen molar-refractivity contribution < 1.29 is 19.3 Å². The van der Waals surface area contributed by atoms with E-state index in [-0.39, 0.29) is 22.9 Å². The highest BCUT2D eigenvalue weighted by atomic mass is 35.5. The summed E-state index contributed by atoms with van der Waals surface area (Å²) < 4.78 is 6.62. The van der Waals surface area contributed by atoms with Crippen molar-refractivity contribution in [1.29, 1.82) is 0 Å². The van der Waals surface area contributed by atoms with Gasteiger partial charge in [0, 0.05) is 24.2 Å². The number of carboxylic acid groups (broad SMARTS) is 1. The van der Waals surface area contributed by atoms with Crippen LogP contribution in [0.2, 0.25) is 23.2 Å². The molecule has 1 fully saturated rings. The molecular weight excluding hydrogens is 438 g/mol. The summed E-state index contributed by atoms with van der Waals surface area (Å²) >= 11 is 5.87. The summed E-state index contributed by atoms with van der Waals surface area (Å²) in [6, 6.07) is 4.30. The van der Waals surface area contributed by atoms with Crippen molar-refractivity contribution in [3.05, 3.63) is 33.3 Å². The van der Waals surface area contributed by atoms with Gasteiger partial charge in [0.1, 0.15) is 5.69 Å². The lowest BCUT2D eigenvalue weighted by Crippen LogP contribution is -2.55.